The number of benzene rings is 2. The normalized spacial score (nSPS) is 27.6. The second kappa shape index (κ2) is 33.3. The topological polar surface area (TPSA) is 212 Å². The number of aliphatic hydroxyl groups is 2. The van der Waals surface area contributed by atoms with Gasteiger partial charge >= 0.3 is 18.1 Å². The number of fused-ring (bicyclic) bond motifs is 4. The Morgan fingerprint density at radius 1 is 0.896 bits per heavy atom. The highest BCUT2D eigenvalue weighted by Crippen LogP contribution is 2.74. The number of hydrogen-bond donors (Lipinski definition) is 4. The summed E-state index contributed by atoms with van der Waals surface area (Å²) in [5, 5.41) is 33.4. The van der Waals surface area contributed by atoms with E-state index in [0.29, 0.717) is 42.6 Å². The number of halogens is 1. The number of carbonyl (C=O) groups excluding carboxylic acids is 5. The SMILES string of the molecule is C=CCC.CC.CC.CC(=O)CC(C)(C)C.CC(=O)O[C@H]1C(=O)[C@]23C[C@H]2C[C@H]2OC[C@@]2(O)[C@H]3[C@H](CC(=O)c2ccccc2)[C@]2(O)C[C@H](OC(=O)[C@H](C)C(C)c3ccccc3)C(C)=C1C2C.CCCNI.CCCOC(=O)O. The van der Waals surface area contributed by atoms with Crippen molar-refractivity contribution < 1.29 is 63.0 Å². The second-order valence-corrected chi connectivity index (χ2v) is 22.3. The third kappa shape index (κ3) is 18.9. The molecule has 2 unspecified atom stereocenters. The van der Waals surface area contributed by atoms with Gasteiger partial charge < -0.3 is 39.1 Å². The Hall–Kier alpha value is -4.29. The van der Waals surface area contributed by atoms with Crippen LogP contribution in [0.3, 0.4) is 0 Å². The first-order valence-electron chi connectivity index (χ1n) is 27.9. The maximum absolute atomic E-state index is 15.0. The number of nitrogens with one attached hydrogen (secondary N) is 1. The summed E-state index contributed by atoms with van der Waals surface area (Å²) in [6.07, 6.45) is 2.30. The first-order chi connectivity index (χ1) is 36.2. The largest absolute Gasteiger partial charge is 0.505 e. The van der Waals surface area contributed by atoms with E-state index in [-0.39, 0.29) is 54.0 Å². The molecule has 0 amide bonds. The summed E-state index contributed by atoms with van der Waals surface area (Å²) < 4.78 is 25.1. The predicted octanol–water partition coefficient (Wildman–Crippen LogP) is 13.1. The number of Topliss-reactive ketones (excluding diaryl/α,β-unsaturated/α-hetero) is 3. The highest BCUT2D eigenvalue weighted by Gasteiger charge is 2.80. The molecule has 4 N–H and O–H groups in total. The van der Waals surface area contributed by atoms with Gasteiger partial charge in [-0.05, 0) is 79.9 Å². The van der Waals surface area contributed by atoms with E-state index < -0.39 is 76.7 Å². The van der Waals surface area contributed by atoms with Gasteiger partial charge in [0, 0.05) is 84.3 Å². The molecule has 15 heteroatoms. The Kier molecular flexibility index (Phi) is 30.6. The van der Waals surface area contributed by atoms with Crippen LogP contribution in [0.25, 0.3) is 0 Å². The number of ether oxygens (including phenoxy) is 4. The molecule has 434 valence electrons. The van der Waals surface area contributed by atoms with Crippen LogP contribution in [0.15, 0.2) is 84.5 Å². The molecule has 0 aromatic heterocycles. The zero-order valence-electron chi connectivity index (χ0n) is 49.3. The van der Waals surface area contributed by atoms with Crippen molar-refractivity contribution in [3.05, 3.63) is 95.6 Å². The van der Waals surface area contributed by atoms with Gasteiger partial charge in [0.1, 0.15) is 17.5 Å². The van der Waals surface area contributed by atoms with Crippen molar-refractivity contribution in [3.8, 4) is 0 Å². The van der Waals surface area contributed by atoms with Gasteiger partial charge in [-0.1, -0.05) is 157 Å². The molecule has 3 saturated carbocycles. The summed E-state index contributed by atoms with van der Waals surface area (Å²) in [4.78, 5) is 75.5. The molecule has 12 atom stereocenters. The highest BCUT2D eigenvalue weighted by molar-refractivity contribution is 14.1. The summed E-state index contributed by atoms with van der Waals surface area (Å²) >= 11 is 2.14. The minimum Gasteiger partial charge on any atom is -0.457 e. The standard InChI is InChI=1S/C40H46O9.C7H14O.C4H8O3.C4H8.C3H8IN.2C2H6/c1-21(26-12-8-6-9-13-26)22(2)37(44)49-31-19-39(45)24(4)33(23(31)3)34(48-25(5)41)36(43)38-18-28(38)16-32-40(46,20-47-32)35(38)29(39)17-30(42)27-14-10-7-11-15-27;1-6(8)5-7(2,3)4;1-2-3-7-4(5)6;1-3-4-2;1-2-3-5-4;2*1-2/h6-15,21-22,24,28-29,31-32,34-35,45-46H,16-20H2,1-5H3;5H2,1-4H3;2-3H2,1H3,(H,5,6);3H,1,4H2,2H3;5H,2-3H2,1H3;2*1-2H3/t21?,22-,24?,28-,29+,31+,32-,34-,35+,38-,39+,40+;;;;;;/m1....../s1. The van der Waals surface area contributed by atoms with Gasteiger partial charge in [-0.3, -0.25) is 22.7 Å². The molecule has 1 spiro atoms. The number of rotatable bonds is 14. The lowest BCUT2D eigenvalue weighted by Crippen LogP contribution is -2.74. The summed E-state index contributed by atoms with van der Waals surface area (Å²) in [5.41, 5.74) is -1.73. The van der Waals surface area contributed by atoms with E-state index in [0.717, 1.165) is 24.9 Å². The zero-order valence-corrected chi connectivity index (χ0v) is 51.5. The molecule has 2 aromatic carbocycles. The first kappa shape index (κ1) is 70.7. The van der Waals surface area contributed by atoms with Crippen molar-refractivity contribution in [2.24, 2.45) is 40.4 Å². The van der Waals surface area contributed by atoms with Crippen LogP contribution in [-0.2, 0) is 38.1 Å². The average Bonchev–Trinajstić information content (AvgIpc) is 4.13. The fourth-order valence-electron chi connectivity index (χ4n) is 11.0. The Balaban J connectivity index is 0.000000876. The van der Waals surface area contributed by atoms with E-state index in [1.54, 1.807) is 52.0 Å². The van der Waals surface area contributed by atoms with E-state index in [1.165, 1.54) is 13.3 Å². The fourth-order valence-corrected chi connectivity index (χ4v) is 11.5. The lowest BCUT2D eigenvalue weighted by atomic mass is 9.48. The molecule has 0 radical (unpaired) electrons. The molecule has 4 aliphatic carbocycles. The molecular weight excluding hydrogens is 1090 g/mol. The van der Waals surface area contributed by atoms with Crippen LogP contribution >= 0.6 is 22.9 Å². The molecule has 1 saturated heterocycles. The van der Waals surface area contributed by atoms with Crippen molar-refractivity contribution in [1.82, 2.24) is 3.53 Å². The van der Waals surface area contributed by atoms with Gasteiger partial charge in [0.25, 0.3) is 0 Å². The summed E-state index contributed by atoms with van der Waals surface area (Å²) in [7, 11) is 0. The molecule has 2 bridgehead atoms. The van der Waals surface area contributed by atoms with Crippen LogP contribution in [0.5, 0.6) is 0 Å². The monoisotopic (exact) mass is 1190 g/mol. The number of esters is 2. The smallest absolute Gasteiger partial charge is 0.457 e. The first-order valence-corrected chi connectivity index (χ1v) is 28.9. The lowest BCUT2D eigenvalue weighted by Gasteiger charge is -2.62. The second-order valence-electron chi connectivity index (χ2n) is 21.5. The molecule has 1 heterocycles. The Labute approximate surface area is 475 Å². The lowest BCUT2D eigenvalue weighted by molar-refractivity contribution is -0.308. The number of ketones is 3. The Morgan fingerprint density at radius 3 is 1.86 bits per heavy atom. The quantitative estimate of drug-likeness (QED) is 0.0346. The number of carboxylic acid groups (broad SMARTS) is 1. The van der Waals surface area contributed by atoms with Crippen molar-refractivity contribution in [2.75, 3.05) is 19.8 Å². The zero-order chi connectivity index (χ0) is 59.1. The molecular formula is C62H96INO13. The van der Waals surface area contributed by atoms with Gasteiger partial charge in [0.2, 0.25) is 0 Å². The minimum atomic E-state index is -1.73. The van der Waals surface area contributed by atoms with Crippen LogP contribution in [0.2, 0.25) is 0 Å². The maximum atomic E-state index is 15.0. The third-order valence-corrected chi connectivity index (χ3v) is 15.4. The molecule has 2 aromatic rings. The van der Waals surface area contributed by atoms with E-state index in [1.807, 2.05) is 84.0 Å². The van der Waals surface area contributed by atoms with Crippen molar-refractivity contribution >= 4 is 58.3 Å². The Bertz CT molecular complexity index is 2210. The van der Waals surface area contributed by atoms with Gasteiger partial charge in [-0.2, -0.15) is 0 Å². The van der Waals surface area contributed by atoms with E-state index >= 15 is 0 Å². The predicted molar refractivity (Wildman–Crippen MR) is 313 cm³/mol. The van der Waals surface area contributed by atoms with Crippen molar-refractivity contribution in [1.29, 1.82) is 0 Å². The van der Waals surface area contributed by atoms with Crippen LogP contribution in [0.1, 0.15) is 184 Å². The van der Waals surface area contributed by atoms with E-state index in [2.05, 4.69) is 72.3 Å². The summed E-state index contributed by atoms with van der Waals surface area (Å²) in [6, 6.07) is 18.5. The van der Waals surface area contributed by atoms with Crippen molar-refractivity contribution in [2.45, 2.75) is 198 Å². The van der Waals surface area contributed by atoms with Crippen LogP contribution in [0.4, 0.5) is 4.79 Å². The summed E-state index contributed by atoms with van der Waals surface area (Å²) in [5.74, 6) is -4.77. The average molecular weight is 1190 g/mol. The molecule has 4 fully saturated rings. The molecule has 5 aliphatic rings. The molecule has 77 heavy (non-hydrogen) atoms. The van der Waals surface area contributed by atoms with Crippen LogP contribution in [0, 0.1) is 40.4 Å². The molecule has 1 aliphatic heterocycles. The number of carbonyl (C=O) groups is 6. The summed E-state index contributed by atoms with van der Waals surface area (Å²) in [6.45, 7) is 35.3. The van der Waals surface area contributed by atoms with E-state index in [9.17, 15) is 39.0 Å². The Morgan fingerprint density at radius 2 is 1.45 bits per heavy atom. The van der Waals surface area contributed by atoms with Crippen molar-refractivity contribution in [3.63, 3.8) is 0 Å². The highest BCUT2D eigenvalue weighted by atomic mass is 127. The van der Waals surface area contributed by atoms with Gasteiger partial charge in [-0.15, -0.1) is 6.58 Å². The molecule has 14 nitrogen and oxygen atoms in total. The van der Waals surface area contributed by atoms with Crippen LogP contribution in [-0.4, -0.2) is 100 Å². The fraction of sp³-hybridized carbons (Fsp3) is 0.645. The van der Waals surface area contributed by atoms with Gasteiger partial charge in [-0.25, -0.2) is 4.79 Å². The molecule has 7 rings (SSSR count). The third-order valence-electron chi connectivity index (χ3n) is 14.8. The maximum Gasteiger partial charge on any atom is 0.505 e. The van der Waals surface area contributed by atoms with E-state index in [4.69, 9.17) is 19.3 Å². The van der Waals surface area contributed by atoms with Crippen LogP contribution < -0.4 is 3.53 Å². The number of hydrogen-bond acceptors (Lipinski definition) is 13. The van der Waals surface area contributed by atoms with Gasteiger partial charge in [0.15, 0.2) is 17.7 Å². The number of allylic oxidation sites excluding steroid dienone is 1. The van der Waals surface area contributed by atoms with Gasteiger partial charge in [0.05, 0.1) is 30.8 Å². The minimum absolute atomic E-state index is 0.0299.